The Morgan fingerprint density at radius 1 is 1.55 bits per heavy atom. The van der Waals surface area contributed by atoms with E-state index in [2.05, 4.69) is 18.3 Å². The molecule has 1 aromatic carbocycles. The number of amides is 1. The number of benzene rings is 1. The number of carbonyl (C=O) groups is 1. The van der Waals surface area contributed by atoms with Gasteiger partial charge in [0.15, 0.2) is 0 Å². The summed E-state index contributed by atoms with van der Waals surface area (Å²) in [5.41, 5.74) is 1.38. The normalized spacial score (nSPS) is 21.4. The van der Waals surface area contributed by atoms with E-state index in [9.17, 15) is 4.79 Å². The minimum absolute atomic E-state index is 0.201. The molecule has 4 nitrogen and oxygen atoms in total. The van der Waals surface area contributed by atoms with Crippen molar-refractivity contribution in [2.24, 2.45) is 5.41 Å². The minimum Gasteiger partial charge on any atom is -0.341 e. The second kappa shape index (κ2) is 6.06. The maximum absolute atomic E-state index is 12.7. The van der Waals surface area contributed by atoms with E-state index in [1.54, 1.807) is 11.0 Å². The van der Waals surface area contributed by atoms with Gasteiger partial charge in [-0.2, -0.15) is 5.26 Å². The van der Waals surface area contributed by atoms with Crippen molar-refractivity contribution in [1.82, 2.24) is 10.2 Å². The number of nitrogens with one attached hydrogen (secondary N) is 1. The summed E-state index contributed by atoms with van der Waals surface area (Å²) in [5.74, 6) is 0.201. The Bertz CT molecular complexity index is 527. The Hall–Kier alpha value is -1.86. The van der Waals surface area contributed by atoms with Gasteiger partial charge in [0.05, 0.1) is 17.0 Å². The van der Waals surface area contributed by atoms with Gasteiger partial charge in [0, 0.05) is 20.1 Å². The van der Waals surface area contributed by atoms with Crippen LogP contribution in [0.1, 0.15) is 30.9 Å². The van der Waals surface area contributed by atoms with Crippen LogP contribution in [-0.4, -0.2) is 30.9 Å². The van der Waals surface area contributed by atoms with E-state index in [-0.39, 0.29) is 11.3 Å². The van der Waals surface area contributed by atoms with Crippen LogP contribution in [-0.2, 0) is 11.3 Å². The molecule has 2 rings (SSSR count). The average Bonchev–Trinajstić information content (AvgIpc) is 2.96. The smallest absolute Gasteiger partial charge is 0.230 e. The molecule has 1 unspecified atom stereocenters. The molecule has 0 aromatic heterocycles. The second-order valence-corrected chi connectivity index (χ2v) is 5.53. The summed E-state index contributed by atoms with van der Waals surface area (Å²) in [7, 11) is 1.84. The summed E-state index contributed by atoms with van der Waals surface area (Å²) in [6.07, 6.45) is 1.77. The fourth-order valence-electron chi connectivity index (χ4n) is 2.87. The predicted octanol–water partition coefficient (Wildman–Crippen LogP) is 1.91. The topological polar surface area (TPSA) is 56.1 Å². The van der Waals surface area contributed by atoms with E-state index in [1.165, 1.54) is 0 Å². The molecule has 0 bridgehead atoms. The lowest BCUT2D eigenvalue weighted by Gasteiger charge is -2.31. The largest absolute Gasteiger partial charge is 0.341 e. The van der Waals surface area contributed by atoms with E-state index >= 15 is 0 Å². The zero-order valence-corrected chi connectivity index (χ0v) is 12.1. The van der Waals surface area contributed by atoms with E-state index in [0.29, 0.717) is 12.1 Å². The van der Waals surface area contributed by atoms with Gasteiger partial charge in [-0.15, -0.1) is 0 Å². The van der Waals surface area contributed by atoms with Crippen molar-refractivity contribution in [3.8, 4) is 6.07 Å². The van der Waals surface area contributed by atoms with Crippen molar-refractivity contribution < 1.29 is 4.79 Å². The number of nitrogens with zero attached hydrogens (tertiary/aromatic N) is 2. The molecule has 1 N–H and O–H groups in total. The number of hydrogen-bond donors (Lipinski definition) is 1. The maximum atomic E-state index is 12.7. The van der Waals surface area contributed by atoms with Gasteiger partial charge in [-0.05, 0) is 37.1 Å². The summed E-state index contributed by atoms with van der Waals surface area (Å²) in [5, 5.41) is 12.2. The summed E-state index contributed by atoms with van der Waals surface area (Å²) in [6, 6.07) is 9.56. The molecule has 1 fully saturated rings. The molecule has 0 aliphatic carbocycles. The number of nitriles is 1. The van der Waals surface area contributed by atoms with Crippen molar-refractivity contribution in [1.29, 1.82) is 5.26 Å². The molecule has 1 aliphatic heterocycles. The van der Waals surface area contributed by atoms with Crippen molar-refractivity contribution in [3.05, 3.63) is 35.4 Å². The second-order valence-electron chi connectivity index (χ2n) is 5.53. The van der Waals surface area contributed by atoms with Crippen molar-refractivity contribution in [2.45, 2.75) is 26.3 Å². The van der Waals surface area contributed by atoms with E-state index in [1.807, 2.05) is 25.2 Å². The van der Waals surface area contributed by atoms with Gasteiger partial charge in [-0.25, -0.2) is 0 Å². The lowest BCUT2D eigenvalue weighted by Crippen LogP contribution is -2.42. The molecule has 0 saturated carbocycles. The van der Waals surface area contributed by atoms with Crippen molar-refractivity contribution >= 4 is 5.91 Å². The van der Waals surface area contributed by atoms with Crippen LogP contribution in [0.2, 0.25) is 0 Å². The molecule has 1 aliphatic rings. The molecular weight excluding hydrogens is 250 g/mol. The maximum Gasteiger partial charge on any atom is 0.230 e. The zero-order chi connectivity index (χ0) is 14.6. The van der Waals surface area contributed by atoms with Gasteiger partial charge in [0.25, 0.3) is 0 Å². The minimum atomic E-state index is -0.248. The third-order valence-electron chi connectivity index (χ3n) is 4.20. The molecule has 20 heavy (non-hydrogen) atoms. The van der Waals surface area contributed by atoms with E-state index in [4.69, 9.17) is 5.26 Å². The quantitative estimate of drug-likeness (QED) is 0.910. The van der Waals surface area contributed by atoms with E-state index < -0.39 is 0 Å². The van der Waals surface area contributed by atoms with Gasteiger partial charge >= 0.3 is 0 Å². The third-order valence-corrected chi connectivity index (χ3v) is 4.20. The van der Waals surface area contributed by atoms with Crippen LogP contribution < -0.4 is 5.32 Å². The Morgan fingerprint density at radius 3 is 2.95 bits per heavy atom. The molecule has 0 radical (unpaired) electrons. The Morgan fingerprint density at radius 2 is 2.35 bits per heavy atom. The standard InChI is InChI=1S/C16H21N3O/c1-3-16(7-8-18-12-16)15(20)19(2)11-14-6-4-5-13(9-14)10-17/h4-6,9,18H,3,7-8,11-12H2,1-2H3. The molecule has 1 saturated heterocycles. The van der Waals surface area contributed by atoms with Crippen LogP contribution in [0.25, 0.3) is 0 Å². The Labute approximate surface area is 120 Å². The number of hydrogen-bond acceptors (Lipinski definition) is 3. The molecular formula is C16H21N3O. The van der Waals surface area contributed by atoms with E-state index in [0.717, 1.165) is 31.5 Å². The highest BCUT2D eigenvalue weighted by Crippen LogP contribution is 2.31. The van der Waals surface area contributed by atoms with Gasteiger partial charge in [-0.3, -0.25) is 4.79 Å². The molecule has 1 amide bonds. The number of carbonyl (C=O) groups excluding carboxylic acids is 1. The first-order chi connectivity index (χ1) is 9.61. The Kier molecular flexibility index (Phi) is 4.41. The average molecular weight is 271 g/mol. The summed E-state index contributed by atoms with van der Waals surface area (Å²) in [4.78, 5) is 14.5. The zero-order valence-electron chi connectivity index (χ0n) is 12.1. The highest BCUT2D eigenvalue weighted by atomic mass is 16.2. The van der Waals surface area contributed by atoms with Crippen LogP contribution >= 0.6 is 0 Å². The van der Waals surface area contributed by atoms with Crippen LogP contribution in [0.5, 0.6) is 0 Å². The molecule has 106 valence electrons. The molecule has 1 aromatic rings. The lowest BCUT2D eigenvalue weighted by molar-refractivity contribution is -0.140. The fourth-order valence-corrected chi connectivity index (χ4v) is 2.87. The van der Waals surface area contributed by atoms with Crippen LogP contribution in [0.15, 0.2) is 24.3 Å². The van der Waals surface area contributed by atoms with Crippen LogP contribution in [0, 0.1) is 16.7 Å². The summed E-state index contributed by atoms with van der Waals surface area (Å²) < 4.78 is 0. The first-order valence-corrected chi connectivity index (χ1v) is 7.06. The third kappa shape index (κ3) is 2.83. The lowest BCUT2D eigenvalue weighted by atomic mass is 9.83. The van der Waals surface area contributed by atoms with Crippen LogP contribution in [0.3, 0.4) is 0 Å². The highest BCUT2D eigenvalue weighted by Gasteiger charge is 2.41. The predicted molar refractivity (Wildman–Crippen MR) is 77.8 cm³/mol. The van der Waals surface area contributed by atoms with Gasteiger partial charge < -0.3 is 10.2 Å². The molecule has 1 atom stereocenters. The van der Waals surface area contributed by atoms with Gasteiger partial charge in [-0.1, -0.05) is 19.1 Å². The summed E-state index contributed by atoms with van der Waals surface area (Å²) in [6.45, 7) is 4.31. The monoisotopic (exact) mass is 271 g/mol. The highest BCUT2D eigenvalue weighted by molar-refractivity contribution is 5.83. The van der Waals surface area contributed by atoms with Gasteiger partial charge in [0.2, 0.25) is 5.91 Å². The first kappa shape index (κ1) is 14.5. The first-order valence-electron chi connectivity index (χ1n) is 7.06. The van der Waals surface area contributed by atoms with Crippen LogP contribution in [0.4, 0.5) is 0 Å². The van der Waals surface area contributed by atoms with Gasteiger partial charge in [0.1, 0.15) is 0 Å². The summed E-state index contributed by atoms with van der Waals surface area (Å²) >= 11 is 0. The van der Waals surface area contributed by atoms with Crippen molar-refractivity contribution in [3.63, 3.8) is 0 Å². The van der Waals surface area contributed by atoms with Crippen molar-refractivity contribution in [2.75, 3.05) is 20.1 Å². The SMILES string of the molecule is CCC1(C(=O)N(C)Cc2cccc(C#N)c2)CCNC1. The molecule has 1 heterocycles. The Balaban J connectivity index is 2.09. The molecule has 0 spiro atoms. The fraction of sp³-hybridized carbons (Fsp3) is 0.500. The number of rotatable bonds is 4. The molecule has 4 heteroatoms.